The fourth-order valence-corrected chi connectivity index (χ4v) is 2.66. The number of methoxy groups -OCH3 is 2. The highest BCUT2D eigenvalue weighted by atomic mass is 16.7. The van der Waals surface area contributed by atoms with Gasteiger partial charge in [-0.15, -0.1) is 0 Å². The van der Waals surface area contributed by atoms with Crippen LogP contribution in [0.1, 0.15) is 40.0 Å². The Labute approximate surface area is 106 Å². The summed E-state index contributed by atoms with van der Waals surface area (Å²) in [6.45, 7) is 10.3. The summed E-state index contributed by atoms with van der Waals surface area (Å²) in [5, 5.41) is 0. The summed E-state index contributed by atoms with van der Waals surface area (Å²) in [4.78, 5) is 2.48. The lowest BCUT2D eigenvalue weighted by Crippen LogP contribution is -2.35. The SMILES string of the molecule is COC(CN1CCCC(C(C)(C)C)CC1)OC. The van der Waals surface area contributed by atoms with Crippen LogP contribution in [0.4, 0.5) is 0 Å². The van der Waals surface area contributed by atoms with E-state index in [4.69, 9.17) is 9.47 Å². The molecule has 0 N–H and O–H groups in total. The smallest absolute Gasteiger partial charge is 0.169 e. The molecule has 0 amide bonds. The Hall–Kier alpha value is -0.120. The van der Waals surface area contributed by atoms with Crippen LogP contribution in [0.25, 0.3) is 0 Å². The molecule has 1 aliphatic rings. The second kappa shape index (κ2) is 6.72. The summed E-state index contributed by atoms with van der Waals surface area (Å²) >= 11 is 0. The molecule has 0 aromatic heterocycles. The topological polar surface area (TPSA) is 21.7 Å². The number of ether oxygens (including phenoxy) is 2. The lowest BCUT2D eigenvalue weighted by molar-refractivity contribution is -0.116. The fourth-order valence-electron chi connectivity index (χ4n) is 2.66. The molecule has 0 aliphatic carbocycles. The van der Waals surface area contributed by atoms with E-state index in [2.05, 4.69) is 25.7 Å². The van der Waals surface area contributed by atoms with Crippen LogP contribution >= 0.6 is 0 Å². The monoisotopic (exact) mass is 243 g/mol. The van der Waals surface area contributed by atoms with Crippen LogP contribution < -0.4 is 0 Å². The summed E-state index contributed by atoms with van der Waals surface area (Å²) in [5.41, 5.74) is 0.442. The summed E-state index contributed by atoms with van der Waals surface area (Å²) in [7, 11) is 3.42. The van der Waals surface area contributed by atoms with Crippen molar-refractivity contribution in [3.8, 4) is 0 Å². The van der Waals surface area contributed by atoms with Crippen molar-refractivity contribution in [2.45, 2.75) is 46.3 Å². The molecule has 3 heteroatoms. The van der Waals surface area contributed by atoms with Crippen molar-refractivity contribution in [3.63, 3.8) is 0 Å². The van der Waals surface area contributed by atoms with Gasteiger partial charge in [0.1, 0.15) is 0 Å². The first-order chi connectivity index (χ1) is 7.97. The molecule has 1 saturated heterocycles. The molecule has 3 nitrogen and oxygen atoms in total. The second-order valence-electron chi connectivity index (χ2n) is 6.20. The Morgan fingerprint density at radius 1 is 1.12 bits per heavy atom. The zero-order valence-electron chi connectivity index (χ0n) is 12.2. The highest BCUT2D eigenvalue weighted by molar-refractivity contribution is 4.79. The minimum absolute atomic E-state index is 0.0822. The Morgan fingerprint density at radius 3 is 2.29 bits per heavy atom. The lowest BCUT2D eigenvalue weighted by atomic mass is 9.77. The van der Waals surface area contributed by atoms with Crippen molar-refractivity contribution >= 4 is 0 Å². The Bertz CT molecular complexity index is 209. The van der Waals surface area contributed by atoms with Gasteiger partial charge in [0.2, 0.25) is 0 Å². The van der Waals surface area contributed by atoms with E-state index in [-0.39, 0.29) is 6.29 Å². The minimum atomic E-state index is -0.0822. The van der Waals surface area contributed by atoms with E-state index >= 15 is 0 Å². The maximum atomic E-state index is 5.27. The van der Waals surface area contributed by atoms with Gasteiger partial charge in [0, 0.05) is 20.8 Å². The average molecular weight is 243 g/mol. The van der Waals surface area contributed by atoms with Crippen molar-refractivity contribution in [1.29, 1.82) is 0 Å². The molecule has 17 heavy (non-hydrogen) atoms. The molecular formula is C14H29NO2. The zero-order chi connectivity index (χ0) is 12.9. The second-order valence-corrected chi connectivity index (χ2v) is 6.20. The third-order valence-electron chi connectivity index (χ3n) is 3.98. The number of hydrogen-bond donors (Lipinski definition) is 0. The van der Waals surface area contributed by atoms with Crippen LogP contribution in [0.5, 0.6) is 0 Å². The van der Waals surface area contributed by atoms with Crippen molar-refractivity contribution in [2.75, 3.05) is 33.9 Å². The molecular weight excluding hydrogens is 214 g/mol. The van der Waals surface area contributed by atoms with Crippen molar-refractivity contribution in [2.24, 2.45) is 11.3 Å². The third kappa shape index (κ3) is 4.94. The van der Waals surface area contributed by atoms with E-state index in [0.29, 0.717) is 5.41 Å². The summed E-state index contributed by atoms with van der Waals surface area (Å²) < 4.78 is 10.5. The standard InChI is InChI=1S/C14H29NO2/c1-14(2,3)12-7-6-9-15(10-8-12)11-13(16-4)17-5/h12-13H,6-11H2,1-5H3. The molecule has 1 rings (SSSR count). The van der Waals surface area contributed by atoms with Crippen molar-refractivity contribution in [3.05, 3.63) is 0 Å². The molecule has 0 bridgehead atoms. The van der Waals surface area contributed by atoms with Crippen LogP contribution in [-0.4, -0.2) is 45.0 Å². The largest absolute Gasteiger partial charge is 0.355 e. The minimum Gasteiger partial charge on any atom is -0.355 e. The normalized spacial score (nSPS) is 24.0. The molecule has 1 aliphatic heterocycles. The molecule has 102 valence electrons. The number of hydrogen-bond acceptors (Lipinski definition) is 3. The summed E-state index contributed by atoms with van der Waals surface area (Å²) in [5.74, 6) is 0.844. The molecule has 0 aromatic carbocycles. The van der Waals surface area contributed by atoms with Gasteiger partial charge in [0.15, 0.2) is 6.29 Å². The quantitative estimate of drug-likeness (QED) is 0.709. The number of nitrogens with zero attached hydrogens (tertiary/aromatic N) is 1. The Balaban J connectivity index is 2.42. The summed E-state index contributed by atoms with van der Waals surface area (Å²) in [6, 6.07) is 0. The first-order valence-electron chi connectivity index (χ1n) is 6.75. The molecule has 1 fully saturated rings. The molecule has 1 unspecified atom stereocenters. The molecule has 0 spiro atoms. The van der Waals surface area contributed by atoms with Gasteiger partial charge < -0.3 is 9.47 Å². The fraction of sp³-hybridized carbons (Fsp3) is 1.00. The van der Waals surface area contributed by atoms with Gasteiger partial charge in [-0.1, -0.05) is 20.8 Å². The Kier molecular flexibility index (Phi) is 5.90. The lowest BCUT2D eigenvalue weighted by Gasteiger charge is -2.30. The highest BCUT2D eigenvalue weighted by Gasteiger charge is 2.27. The van der Waals surface area contributed by atoms with Gasteiger partial charge in [-0.3, -0.25) is 4.90 Å². The van der Waals surface area contributed by atoms with Gasteiger partial charge in [0.05, 0.1) is 0 Å². The average Bonchev–Trinajstić information content (AvgIpc) is 2.50. The third-order valence-corrected chi connectivity index (χ3v) is 3.98. The van der Waals surface area contributed by atoms with E-state index in [9.17, 15) is 0 Å². The maximum Gasteiger partial charge on any atom is 0.169 e. The van der Waals surface area contributed by atoms with Crippen LogP contribution in [-0.2, 0) is 9.47 Å². The van der Waals surface area contributed by atoms with E-state index in [1.165, 1.54) is 32.4 Å². The first-order valence-corrected chi connectivity index (χ1v) is 6.75. The predicted molar refractivity (Wildman–Crippen MR) is 71.0 cm³/mol. The van der Waals surface area contributed by atoms with E-state index < -0.39 is 0 Å². The summed E-state index contributed by atoms with van der Waals surface area (Å²) in [6.07, 6.45) is 3.86. The van der Waals surface area contributed by atoms with Crippen molar-refractivity contribution < 1.29 is 9.47 Å². The van der Waals surface area contributed by atoms with Crippen LogP contribution in [0.3, 0.4) is 0 Å². The molecule has 0 radical (unpaired) electrons. The number of rotatable bonds is 4. The molecule has 0 saturated carbocycles. The molecule has 1 heterocycles. The number of likely N-dealkylation sites (tertiary alicyclic amines) is 1. The van der Waals surface area contributed by atoms with Gasteiger partial charge in [-0.25, -0.2) is 0 Å². The predicted octanol–water partition coefficient (Wildman–Crippen LogP) is 2.75. The van der Waals surface area contributed by atoms with E-state index in [0.717, 1.165) is 12.5 Å². The maximum absolute atomic E-state index is 5.27. The van der Waals surface area contributed by atoms with E-state index in [1.54, 1.807) is 14.2 Å². The highest BCUT2D eigenvalue weighted by Crippen LogP contribution is 2.34. The van der Waals surface area contributed by atoms with Gasteiger partial charge in [-0.2, -0.15) is 0 Å². The molecule has 1 atom stereocenters. The van der Waals surface area contributed by atoms with Gasteiger partial charge in [-0.05, 0) is 43.7 Å². The van der Waals surface area contributed by atoms with Gasteiger partial charge >= 0.3 is 0 Å². The van der Waals surface area contributed by atoms with Crippen molar-refractivity contribution in [1.82, 2.24) is 4.90 Å². The van der Waals surface area contributed by atoms with E-state index in [1.807, 2.05) is 0 Å². The van der Waals surface area contributed by atoms with Crippen LogP contribution in [0, 0.1) is 11.3 Å². The Morgan fingerprint density at radius 2 is 1.76 bits per heavy atom. The van der Waals surface area contributed by atoms with Crippen LogP contribution in [0.2, 0.25) is 0 Å². The zero-order valence-corrected chi connectivity index (χ0v) is 12.2. The first kappa shape index (κ1) is 14.9. The molecule has 0 aromatic rings. The van der Waals surface area contributed by atoms with Gasteiger partial charge in [0.25, 0.3) is 0 Å². The van der Waals surface area contributed by atoms with Crippen LogP contribution in [0.15, 0.2) is 0 Å².